The average Bonchev–Trinajstić information content (AvgIpc) is 2.96. The number of benzene rings is 1. The van der Waals surface area contributed by atoms with Crippen molar-refractivity contribution in [3.05, 3.63) is 41.2 Å². The molecule has 2 atom stereocenters. The van der Waals surface area contributed by atoms with Crippen molar-refractivity contribution in [2.75, 3.05) is 14.2 Å². The number of hydrogen-bond acceptors (Lipinski definition) is 5. The van der Waals surface area contributed by atoms with Crippen LogP contribution in [0.4, 0.5) is 4.39 Å². The van der Waals surface area contributed by atoms with Crippen LogP contribution in [0.2, 0.25) is 0 Å². The third-order valence-corrected chi connectivity index (χ3v) is 4.34. The van der Waals surface area contributed by atoms with Crippen molar-refractivity contribution < 1.29 is 13.9 Å². The summed E-state index contributed by atoms with van der Waals surface area (Å²) in [6.45, 7) is 3.23. The van der Waals surface area contributed by atoms with E-state index in [0.717, 1.165) is 36.6 Å². The van der Waals surface area contributed by atoms with Crippen molar-refractivity contribution >= 4 is 0 Å². The summed E-state index contributed by atoms with van der Waals surface area (Å²) < 4.78 is 25.9. The molecule has 2 heterocycles. The number of rotatable bonds is 6. The molecule has 0 saturated heterocycles. The molecule has 1 aromatic carbocycles. The molecule has 0 bridgehead atoms. The lowest BCUT2D eigenvalue weighted by Gasteiger charge is -2.27. The highest BCUT2D eigenvalue weighted by molar-refractivity contribution is 5.30. The summed E-state index contributed by atoms with van der Waals surface area (Å²) in [5.74, 6) is 1.65. The molecule has 2 aromatic rings. The van der Waals surface area contributed by atoms with Gasteiger partial charge in [0.25, 0.3) is 0 Å². The molecule has 0 aliphatic carbocycles. The number of nitrogens with one attached hydrogen (secondary N) is 1. The van der Waals surface area contributed by atoms with E-state index in [1.165, 1.54) is 13.2 Å². The average molecular weight is 334 g/mol. The number of hydrogen-bond donors (Lipinski definition) is 1. The Balaban J connectivity index is 1.64. The minimum absolute atomic E-state index is 0.0407. The molecule has 0 amide bonds. The fourth-order valence-corrected chi connectivity index (χ4v) is 3.09. The van der Waals surface area contributed by atoms with Crippen LogP contribution in [-0.4, -0.2) is 35.0 Å². The van der Waals surface area contributed by atoms with Gasteiger partial charge in [-0.2, -0.15) is 5.10 Å². The first-order chi connectivity index (χ1) is 11.6. The van der Waals surface area contributed by atoms with E-state index in [0.29, 0.717) is 6.61 Å². The molecule has 6 nitrogen and oxygen atoms in total. The van der Waals surface area contributed by atoms with E-state index in [4.69, 9.17) is 9.47 Å². The van der Waals surface area contributed by atoms with Crippen molar-refractivity contribution in [2.24, 2.45) is 0 Å². The molecule has 1 N–H and O–H groups in total. The van der Waals surface area contributed by atoms with E-state index < -0.39 is 0 Å². The van der Waals surface area contributed by atoms with Crippen molar-refractivity contribution in [1.82, 2.24) is 20.1 Å². The molecular formula is C17H23FN4O2. The standard InChI is InChI=1S/C17H23FN4O2/c1-11(12-4-6-15(24-3)14(18)8-12)19-13-5-7-17-20-16(10-23-2)21-22(17)9-13/h4,6,8,11,13,19H,5,7,9-10H2,1-3H3/t11-,13-/m0/s1. The Morgan fingerprint density at radius 3 is 2.96 bits per heavy atom. The second kappa shape index (κ2) is 7.27. The van der Waals surface area contributed by atoms with Crippen LogP contribution in [-0.2, 0) is 24.3 Å². The van der Waals surface area contributed by atoms with Gasteiger partial charge in [-0.15, -0.1) is 0 Å². The molecule has 1 aromatic heterocycles. The molecule has 3 rings (SSSR count). The van der Waals surface area contributed by atoms with E-state index in [9.17, 15) is 4.39 Å². The van der Waals surface area contributed by atoms with Crippen LogP contribution < -0.4 is 10.1 Å². The van der Waals surface area contributed by atoms with Gasteiger partial charge < -0.3 is 14.8 Å². The molecule has 0 unspecified atom stereocenters. The molecule has 0 saturated carbocycles. The highest BCUT2D eigenvalue weighted by atomic mass is 19.1. The Morgan fingerprint density at radius 1 is 1.42 bits per heavy atom. The summed E-state index contributed by atoms with van der Waals surface area (Å²) in [6.07, 6.45) is 1.85. The summed E-state index contributed by atoms with van der Waals surface area (Å²) >= 11 is 0. The highest BCUT2D eigenvalue weighted by Crippen LogP contribution is 2.23. The number of fused-ring (bicyclic) bond motifs is 1. The van der Waals surface area contributed by atoms with E-state index in [1.54, 1.807) is 13.2 Å². The molecule has 24 heavy (non-hydrogen) atoms. The summed E-state index contributed by atoms with van der Waals surface area (Å²) in [7, 11) is 3.11. The van der Waals surface area contributed by atoms with Gasteiger partial charge in [0, 0.05) is 25.6 Å². The molecule has 1 aliphatic heterocycles. The largest absolute Gasteiger partial charge is 0.494 e. The van der Waals surface area contributed by atoms with Gasteiger partial charge in [-0.25, -0.2) is 14.1 Å². The monoisotopic (exact) mass is 334 g/mol. The number of halogens is 1. The SMILES string of the molecule is COCc1nc2n(n1)C[C@@H](N[C@@H](C)c1ccc(OC)c(F)c1)CC2. The maximum Gasteiger partial charge on any atom is 0.176 e. The summed E-state index contributed by atoms with van der Waals surface area (Å²) in [4.78, 5) is 4.48. The van der Waals surface area contributed by atoms with Gasteiger partial charge in [0.2, 0.25) is 0 Å². The molecule has 0 radical (unpaired) electrons. The normalized spacial score (nSPS) is 18.2. The molecule has 0 fully saturated rings. The first-order valence-corrected chi connectivity index (χ1v) is 8.11. The maximum atomic E-state index is 13.9. The van der Waals surface area contributed by atoms with Crippen molar-refractivity contribution in [2.45, 2.75) is 45.0 Å². The van der Waals surface area contributed by atoms with Crippen molar-refractivity contribution in [1.29, 1.82) is 0 Å². The van der Waals surface area contributed by atoms with E-state index in [-0.39, 0.29) is 23.7 Å². The first-order valence-electron chi connectivity index (χ1n) is 8.11. The zero-order valence-electron chi connectivity index (χ0n) is 14.3. The minimum Gasteiger partial charge on any atom is -0.494 e. The third kappa shape index (κ3) is 3.57. The fraction of sp³-hybridized carbons (Fsp3) is 0.529. The summed E-state index contributed by atoms with van der Waals surface area (Å²) in [5, 5.41) is 8.03. The molecule has 1 aliphatic rings. The Labute approximate surface area is 141 Å². The lowest BCUT2D eigenvalue weighted by Crippen LogP contribution is -2.39. The van der Waals surface area contributed by atoms with Crippen LogP contribution in [0.5, 0.6) is 5.75 Å². The Kier molecular flexibility index (Phi) is 5.11. The summed E-state index contributed by atoms with van der Waals surface area (Å²) in [6, 6.07) is 5.39. The maximum absolute atomic E-state index is 13.9. The van der Waals surface area contributed by atoms with Crippen LogP contribution in [0.25, 0.3) is 0 Å². The third-order valence-electron chi connectivity index (χ3n) is 4.34. The van der Waals surface area contributed by atoms with Crippen LogP contribution in [0.3, 0.4) is 0 Å². The fourth-order valence-electron chi connectivity index (χ4n) is 3.09. The van der Waals surface area contributed by atoms with Crippen molar-refractivity contribution in [3.8, 4) is 5.75 Å². The Morgan fingerprint density at radius 2 is 2.25 bits per heavy atom. The second-order valence-electron chi connectivity index (χ2n) is 6.08. The number of aryl methyl sites for hydroxylation is 1. The number of aromatic nitrogens is 3. The lowest BCUT2D eigenvalue weighted by molar-refractivity contribution is 0.177. The predicted molar refractivity (Wildman–Crippen MR) is 87.3 cm³/mol. The number of nitrogens with zero attached hydrogens (tertiary/aromatic N) is 3. The molecule has 130 valence electrons. The quantitative estimate of drug-likeness (QED) is 0.878. The Hall–Kier alpha value is -1.99. The van der Waals surface area contributed by atoms with Crippen molar-refractivity contribution in [3.63, 3.8) is 0 Å². The first kappa shape index (κ1) is 16.9. The zero-order valence-corrected chi connectivity index (χ0v) is 14.3. The highest BCUT2D eigenvalue weighted by Gasteiger charge is 2.23. The van der Waals surface area contributed by atoms with Gasteiger partial charge >= 0.3 is 0 Å². The number of ether oxygens (including phenoxy) is 2. The van der Waals surface area contributed by atoms with Gasteiger partial charge in [-0.05, 0) is 31.0 Å². The predicted octanol–water partition coefficient (Wildman–Crippen LogP) is 2.24. The van der Waals surface area contributed by atoms with Gasteiger partial charge in [0.1, 0.15) is 12.4 Å². The zero-order chi connectivity index (χ0) is 17.1. The van der Waals surface area contributed by atoms with Gasteiger partial charge in [0.05, 0.1) is 13.7 Å². The molecule has 7 heteroatoms. The van der Waals surface area contributed by atoms with Gasteiger partial charge in [-0.3, -0.25) is 0 Å². The van der Waals surface area contributed by atoms with Gasteiger partial charge in [0.15, 0.2) is 17.4 Å². The smallest absolute Gasteiger partial charge is 0.176 e. The van der Waals surface area contributed by atoms with E-state index >= 15 is 0 Å². The lowest BCUT2D eigenvalue weighted by atomic mass is 10.0. The topological polar surface area (TPSA) is 61.2 Å². The van der Waals surface area contributed by atoms with Gasteiger partial charge in [-0.1, -0.05) is 6.07 Å². The van der Waals surface area contributed by atoms with E-state index in [1.807, 2.05) is 17.7 Å². The Bertz CT molecular complexity index is 704. The molecule has 0 spiro atoms. The van der Waals surface area contributed by atoms with Crippen LogP contribution in [0.1, 0.15) is 36.6 Å². The second-order valence-corrected chi connectivity index (χ2v) is 6.08. The summed E-state index contributed by atoms with van der Waals surface area (Å²) in [5.41, 5.74) is 0.901. The molecular weight excluding hydrogens is 311 g/mol. The minimum atomic E-state index is -0.338. The van der Waals surface area contributed by atoms with E-state index in [2.05, 4.69) is 15.4 Å². The number of methoxy groups -OCH3 is 2. The van der Waals surface area contributed by atoms with Crippen LogP contribution in [0.15, 0.2) is 18.2 Å². The van der Waals surface area contributed by atoms with Crippen LogP contribution in [0, 0.1) is 5.82 Å². The van der Waals surface area contributed by atoms with Crippen LogP contribution >= 0.6 is 0 Å².